The van der Waals surface area contributed by atoms with Gasteiger partial charge in [0.2, 0.25) is 0 Å². The molecule has 4 heteroatoms. The summed E-state index contributed by atoms with van der Waals surface area (Å²) in [6.07, 6.45) is 0. The van der Waals surface area contributed by atoms with Gasteiger partial charge in [-0.3, -0.25) is 0 Å². The number of aryl methyl sites for hydroxylation is 1. The van der Waals surface area contributed by atoms with Crippen molar-refractivity contribution in [2.24, 2.45) is 0 Å². The molecule has 2 rings (SSSR count). The van der Waals surface area contributed by atoms with Crippen LogP contribution in [0.3, 0.4) is 0 Å². The molecule has 1 aromatic heterocycles. The molecule has 0 atom stereocenters. The van der Waals surface area contributed by atoms with E-state index in [9.17, 15) is 0 Å². The Balaban J connectivity index is 2.87. The lowest BCUT2D eigenvalue weighted by Gasteiger charge is -1.93. The Labute approximate surface area is 82.6 Å². The molecule has 1 aromatic carbocycles. The summed E-state index contributed by atoms with van der Waals surface area (Å²) in [5, 5.41) is 5.46. The second kappa shape index (κ2) is 2.75. The molecule has 0 unspecified atom stereocenters. The van der Waals surface area contributed by atoms with Gasteiger partial charge in [-0.05, 0) is 35.0 Å². The first-order valence-electron chi connectivity index (χ1n) is 3.39. The van der Waals surface area contributed by atoms with Crippen LogP contribution in [0.5, 0.6) is 0 Å². The third-order valence-corrected chi connectivity index (χ3v) is 2.89. The molecule has 0 aliphatic rings. The standard InChI is InChI=1S/C8H5BrClNO/c1-4-5-2-7(10)6(9)3-8(5)12-11-4/h2-3H,1H3. The highest BCUT2D eigenvalue weighted by Crippen LogP contribution is 2.29. The summed E-state index contributed by atoms with van der Waals surface area (Å²) in [5.74, 6) is 0. The third kappa shape index (κ3) is 1.13. The van der Waals surface area contributed by atoms with Gasteiger partial charge in [0.15, 0.2) is 5.58 Å². The van der Waals surface area contributed by atoms with Crippen molar-refractivity contribution in [1.82, 2.24) is 5.16 Å². The van der Waals surface area contributed by atoms with E-state index in [0.717, 1.165) is 21.1 Å². The summed E-state index contributed by atoms with van der Waals surface area (Å²) >= 11 is 9.21. The molecule has 0 radical (unpaired) electrons. The normalized spacial score (nSPS) is 10.9. The van der Waals surface area contributed by atoms with Crippen LogP contribution in [0.25, 0.3) is 11.0 Å². The zero-order valence-corrected chi connectivity index (χ0v) is 8.61. The Kier molecular flexibility index (Phi) is 1.85. The van der Waals surface area contributed by atoms with Gasteiger partial charge in [-0.15, -0.1) is 0 Å². The fourth-order valence-corrected chi connectivity index (χ4v) is 1.54. The highest BCUT2D eigenvalue weighted by atomic mass is 79.9. The lowest BCUT2D eigenvalue weighted by atomic mass is 10.2. The maximum absolute atomic E-state index is 5.90. The van der Waals surface area contributed by atoms with Crippen LogP contribution in [0, 0.1) is 6.92 Å². The summed E-state index contributed by atoms with van der Waals surface area (Å²) < 4.78 is 5.87. The van der Waals surface area contributed by atoms with E-state index in [1.807, 2.05) is 19.1 Å². The SMILES string of the molecule is Cc1noc2cc(Br)c(Cl)cc12. The molecule has 0 spiro atoms. The predicted octanol–water partition coefficient (Wildman–Crippen LogP) is 3.55. The van der Waals surface area contributed by atoms with E-state index in [0.29, 0.717) is 5.02 Å². The first-order valence-corrected chi connectivity index (χ1v) is 4.56. The Hall–Kier alpha value is -0.540. The molecule has 0 saturated carbocycles. The fraction of sp³-hybridized carbons (Fsp3) is 0.125. The number of fused-ring (bicyclic) bond motifs is 1. The van der Waals surface area contributed by atoms with Crippen LogP contribution in [-0.2, 0) is 0 Å². The average molecular weight is 246 g/mol. The van der Waals surface area contributed by atoms with E-state index >= 15 is 0 Å². The Morgan fingerprint density at radius 1 is 1.50 bits per heavy atom. The van der Waals surface area contributed by atoms with E-state index < -0.39 is 0 Å². The summed E-state index contributed by atoms with van der Waals surface area (Å²) in [5.41, 5.74) is 1.61. The molecule has 1 heterocycles. The van der Waals surface area contributed by atoms with E-state index in [1.54, 1.807) is 0 Å². The third-order valence-electron chi connectivity index (χ3n) is 1.69. The van der Waals surface area contributed by atoms with Crippen LogP contribution in [-0.4, -0.2) is 5.16 Å². The average Bonchev–Trinajstić information content (AvgIpc) is 2.35. The molecule has 0 bridgehead atoms. The van der Waals surface area contributed by atoms with Crippen molar-refractivity contribution in [3.8, 4) is 0 Å². The quantitative estimate of drug-likeness (QED) is 0.710. The summed E-state index contributed by atoms with van der Waals surface area (Å²) in [6.45, 7) is 1.88. The maximum Gasteiger partial charge on any atom is 0.168 e. The van der Waals surface area contributed by atoms with Crippen LogP contribution >= 0.6 is 27.5 Å². The van der Waals surface area contributed by atoms with Crippen LogP contribution in [0.2, 0.25) is 5.02 Å². The first-order chi connectivity index (χ1) is 5.68. The van der Waals surface area contributed by atoms with Crippen LogP contribution in [0.15, 0.2) is 21.1 Å². The summed E-state index contributed by atoms with van der Waals surface area (Å²) in [7, 11) is 0. The number of aromatic nitrogens is 1. The number of halogens is 2. The van der Waals surface area contributed by atoms with Crippen LogP contribution in [0.1, 0.15) is 5.69 Å². The number of benzene rings is 1. The maximum atomic E-state index is 5.90. The Morgan fingerprint density at radius 3 is 3.00 bits per heavy atom. The second-order valence-electron chi connectivity index (χ2n) is 2.53. The zero-order chi connectivity index (χ0) is 8.72. The molecule has 0 amide bonds. The highest BCUT2D eigenvalue weighted by Gasteiger charge is 2.06. The van der Waals surface area contributed by atoms with Gasteiger partial charge in [0.05, 0.1) is 10.7 Å². The molecular formula is C8H5BrClNO. The van der Waals surface area contributed by atoms with Gasteiger partial charge in [-0.1, -0.05) is 16.8 Å². The first kappa shape index (κ1) is 8.08. The minimum absolute atomic E-state index is 0.675. The second-order valence-corrected chi connectivity index (χ2v) is 3.79. The minimum atomic E-state index is 0.675. The lowest BCUT2D eigenvalue weighted by Crippen LogP contribution is -1.72. The van der Waals surface area contributed by atoms with Gasteiger partial charge in [0.25, 0.3) is 0 Å². The summed E-state index contributed by atoms with van der Waals surface area (Å²) in [4.78, 5) is 0. The topological polar surface area (TPSA) is 26.0 Å². The van der Waals surface area contributed by atoms with Crippen molar-refractivity contribution >= 4 is 38.5 Å². The van der Waals surface area contributed by atoms with E-state index in [4.69, 9.17) is 16.1 Å². The monoisotopic (exact) mass is 245 g/mol. The molecule has 12 heavy (non-hydrogen) atoms. The largest absolute Gasteiger partial charge is 0.356 e. The highest BCUT2D eigenvalue weighted by molar-refractivity contribution is 9.10. The van der Waals surface area contributed by atoms with Crippen molar-refractivity contribution in [1.29, 1.82) is 0 Å². The number of nitrogens with zero attached hydrogens (tertiary/aromatic N) is 1. The van der Waals surface area contributed by atoms with Crippen LogP contribution < -0.4 is 0 Å². The van der Waals surface area contributed by atoms with E-state index in [2.05, 4.69) is 21.1 Å². The molecule has 0 N–H and O–H groups in total. The number of rotatable bonds is 0. The van der Waals surface area contributed by atoms with Gasteiger partial charge in [0, 0.05) is 9.86 Å². The Bertz CT molecular complexity index is 438. The fourth-order valence-electron chi connectivity index (χ4n) is 1.05. The minimum Gasteiger partial charge on any atom is -0.356 e. The lowest BCUT2D eigenvalue weighted by molar-refractivity contribution is 0.450. The van der Waals surface area contributed by atoms with Crippen molar-refractivity contribution in [3.05, 3.63) is 27.3 Å². The Morgan fingerprint density at radius 2 is 2.25 bits per heavy atom. The summed E-state index contributed by atoms with van der Waals surface area (Å²) in [6, 6.07) is 3.66. The molecule has 0 fully saturated rings. The van der Waals surface area contributed by atoms with E-state index in [-0.39, 0.29) is 0 Å². The van der Waals surface area contributed by atoms with Gasteiger partial charge in [0.1, 0.15) is 0 Å². The van der Waals surface area contributed by atoms with Gasteiger partial charge < -0.3 is 4.52 Å². The van der Waals surface area contributed by atoms with Crippen molar-refractivity contribution in [2.45, 2.75) is 6.92 Å². The molecule has 0 aliphatic heterocycles. The molecular weight excluding hydrogens is 241 g/mol. The van der Waals surface area contributed by atoms with E-state index in [1.165, 1.54) is 0 Å². The number of hydrogen-bond donors (Lipinski definition) is 0. The van der Waals surface area contributed by atoms with Crippen LogP contribution in [0.4, 0.5) is 0 Å². The molecule has 0 aliphatic carbocycles. The molecule has 0 saturated heterocycles. The van der Waals surface area contributed by atoms with Gasteiger partial charge in [-0.2, -0.15) is 0 Å². The molecule has 2 nitrogen and oxygen atoms in total. The molecule has 62 valence electrons. The smallest absolute Gasteiger partial charge is 0.168 e. The molecule has 2 aromatic rings. The van der Waals surface area contributed by atoms with Gasteiger partial charge >= 0.3 is 0 Å². The van der Waals surface area contributed by atoms with Crippen molar-refractivity contribution in [3.63, 3.8) is 0 Å². The zero-order valence-electron chi connectivity index (χ0n) is 6.27. The van der Waals surface area contributed by atoms with Crippen molar-refractivity contribution < 1.29 is 4.52 Å². The van der Waals surface area contributed by atoms with Crippen molar-refractivity contribution in [2.75, 3.05) is 0 Å². The predicted molar refractivity (Wildman–Crippen MR) is 51.5 cm³/mol. The van der Waals surface area contributed by atoms with Gasteiger partial charge in [-0.25, -0.2) is 0 Å². The number of hydrogen-bond acceptors (Lipinski definition) is 2.